The minimum absolute atomic E-state index is 0.258. The molecule has 2 unspecified atom stereocenters. The van der Waals surface area contributed by atoms with Crippen molar-refractivity contribution in [3.63, 3.8) is 0 Å². The summed E-state index contributed by atoms with van der Waals surface area (Å²) >= 11 is 0. The van der Waals surface area contributed by atoms with Crippen LogP contribution >= 0.6 is 0 Å². The van der Waals surface area contributed by atoms with E-state index in [1.807, 2.05) is 20.8 Å². The van der Waals surface area contributed by atoms with Crippen LogP contribution in [0.3, 0.4) is 0 Å². The van der Waals surface area contributed by atoms with Crippen LogP contribution in [0.2, 0.25) is 0 Å². The highest BCUT2D eigenvalue weighted by Crippen LogP contribution is 2.63. The van der Waals surface area contributed by atoms with Gasteiger partial charge in [-0.2, -0.15) is 9.78 Å². The summed E-state index contributed by atoms with van der Waals surface area (Å²) in [6.45, 7) is 11.7. The highest BCUT2D eigenvalue weighted by Gasteiger charge is 2.77. The molecule has 7 heteroatoms. The summed E-state index contributed by atoms with van der Waals surface area (Å²) in [5.41, 5.74) is -0.346. The maximum Gasteiger partial charge on any atom is 0.498 e. The molecule has 21 heavy (non-hydrogen) atoms. The molecule has 114 valence electrons. The first-order valence-corrected chi connectivity index (χ1v) is 7.20. The third-order valence-electron chi connectivity index (χ3n) is 4.71. The molecule has 1 saturated heterocycles. The molecule has 1 aliphatic carbocycles. The van der Waals surface area contributed by atoms with Crippen molar-refractivity contribution in [1.82, 2.24) is 9.78 Å². The van der Waals surface area contributed by atoms with Crippen molar-refractivity contribution in [3.8, 4) is 0 Å². The number of carbonyl (C=O) groups is 1. The van der Waals surface area contributed by atoms with Crippen LogP contribution < -0.4 is 5.46 Å². The van der Waals surface area contributed by atoms with Crippen LogP contribution in [0.5, 0.6) is 0 Å². The van der Waals surface area contributed by atoms with Crippen molar-refractivity contribution in [2.75, 3.05) is 0 Å². The van der Waals surface area contributed by atoms with E-state index in [0.717, 1.165) is 5.46 Å². The molecule has 2 aliphatic rings. The molecule has 1 aromatic heterocycles. The van der Waals surface area contributed by atoms with E-state index in [-0.39, 0.29) is 11.2 Å². The number of ether oxygens (including phenoxy) is 1. The highest BCUT2D eigenvalue weighted by atomic mass is 16.7. The van der Waals surface area contributed by atoms with Crippen molar-refractivity contribution >= 4 is 18.7 Å². The van der Waals surface area contributed by atoms with Crippen molar-refractivity contribution in [3.05, 3.63) is 12.4 Å². The van der Waals surface area contributed by atoms with Crippen LogP contribution in [0.1, 0.15) is 41.5 Å². The van der Waals surface area contributed by atoms with Gasteiger partial charge in [0, 0.05) is 23.8 Å². The molecule has 3 rings (SSSR count). The highest BCUT2D eigenvalue weighted by molar-refractivity contribution is 6.62. The lowest BCUT2D eigenvalue weighted by atomic mass is 9.81. The quantitative estimate of drug-likeness (QED) is 0.735. The van der Waals surface area contributed by atoms with Crippen LogP contribution in [0.15, 0.2) is 12.4 Å². The van der Waals surface area contributed by atoms with E-state index in [1.165, 1.54) is 4.68 Å². The molecular weight excluding hydrogens is 271 g/mol. The first kappa shape index (κ1) is 14.6. The Morgan fingerprint density at radius 3 is 2.48 bits per heavy atom. The molecule has 2 heterocycles. The maximum absolute atomic E-state index is 11.9. The first-order valence-electron chi connectivity index (χ1n) is 7.20. The minimum Gasteiger partial charge on any atom is -0.442 e. The summed E-state index contributed by atoms with van der Waals surface area (Å²) < 4.78 is 18.4. The van der Waals surface area contributed by atoms with E-state index in [0.29, 0.717) is 5.92 Å². The number of nitrogens with zero attached hydrogens (tertiary/aromatic N) is 2. The molecule has 2 atom stereocenters. The van der Waals surface area contributed by atoms with E-state index in [2.05, 4.69) is 25.9 Å². The van der Waals surface area contributed by atoms with Crippen molar-refractivity contribution < 1.29 is 18.8 Å². The molecule has 0 spiro atoms. The Kier molecular flexibility index (Phi) is 2.85. The third-order valence-corrected chi connectivity index (χ3v) is 4.71. The van der Waals surface area contributed by atoms with Gasteiger partial charge in [0.05, 0.1) is 11.2 Å². The van der Waals surface area contributed by atoms with Crippen molar-refractivity contribution in [1.29, 1.82) is 0 Å². The summed E-state index contributed by atoms with van der Waals surface area (Å²) in [5.74, 6) is 0.363. The van der Waals surface area contributed by atoms with Gasteiger partial charge in [-0.1, -0.05) is 6.92 Å². The lowest BCUT2D eigenvalue weighted by molar-refractivity contribution is 0.0514. The van der Waals surface area contributed by atoms with Gasteiger partial charge in [-0.15, -0.1) is 0 Å². The van der Waals surface area contributed by atoms with E-state index in [1.54, 1.807) is 12.4 Å². The summed E-state index contributed by atoms with van der Waals surface area (Å²) in [7, 11) is -0.479. The number of hydrogen-bond donors (Lipinski definition) is 0. The molecule has 0 amide bonds. The molecule has 0 bridgehead atoms. The molecule has 0 radical (unpaired) electrons. The van der Waals surface area contributed by atoms with E-state index < -0.39 is 18.8 Å². The zero-order chi connectivity index (χ0) is 15.6. The molecule has 1 saturated carbocycles. The number of carbonyl (C=O) groups excluding carboxylic acids is 1. The standard InChI is InChI=1S/C14H21BN2O4/c1-9-13(5)14(9,6)21-15(20-13)10-7-16-17(8-10)11(18)19-12(2,3)4/h7-9H,1-6H3. The SMILES string of the molecule is CC1C2(C)OB(c3cnn(C(=O)OC(C)(C)C)c3)OC12C. The van der Waals surface area contributed by atoms with Crippen LogP contribution in [0, 0.1) is 5.92 Å². The maximum atomic E-state index is 11.9. The van der Waals surface area contributed by atoms with Crippen LogP contribution in [-0.4, -0.2) is 39.8 Å². The monoisotopic (exact) mass is 292 g/mol. The number of rotatable bonds is 1. The summed E-state index contributed by atoms with van der Waals surface area (Å²) in [6.07, 6.45) is 2.67. The van der Waals surface area contributed by atoms with Gasteiger partial charge in [0.2, 0.25) is 0 Å². The van der Waals surface area contributed by atoms with Gasteiger partial charge >= 0.3 is 13.2 Å². The van der Waals surface area contributed by atoms with E-state index in [9.17, 15) is 4.79 Å². The van der Waals surface area contributed by atoms with E-state index >= 15 is 0 Å². The van der Waals surface area contributed by atoms with Gasteiger partial charge in [0.15, 0.2) is 0 Å². The molecule has 0 N–H and O–H groups in total. The molecular formula is C14H21BN2O4. The fourth-order valence-corrected chi connectivity index (χ4v) is 2.89. The normalized spacial score (nSPS) is 34.8. The predicted molar refractivity (Wildman–Crippen MR) is 77.4 cm³/mol. The number of hydrogen-bond acceptors (Lipinski definition) is 5. The molecule has 2 fully saturated rings. The minimum atomic E-state index is -0.554. The van der Waals surface area contributed by atoms with Crippen molar-refractivity contribution in [2.24, 2.45) is 5.92 Å². The molecule has 0 aromatic carbocycles. The lowest BCUT2D eigenvalue weighted by Crippen LogP contribution is -2.36. The Hall–Kier alpha value is -1.34. The van der Waals surface area contributed by atoms with E-state index in [4.69, 9.17) is 14.0 Å². The smallest absolute Gasteiger partial charge is 0.442 e. The van der Waals surface area contributed by atoms with Gasteiger partial charge in [0.1, 0.15) is 5.60 Å². The Balaban J connectivity index is 1.71. The van der Waals surface area contributed by atoms with Gasteiger partial charge < -0.3 is 14.0 Å². The van der Waals surface area contributed by atoms with Crippen LogP contribution in [0.4, 0.5) is 4.79 Å². The second kappa shape index (κ2) is 4.11. The predicted octanol–water partition coefficient (Wildman–Crippen LogP) is 1.58. The van der Waals surface area contributed by atoms with Crippen LogP contribution in [0.25, 0.3) is 0 Å². The molecule has 1 aromatic rings. The lowest BCUT2D eigenvalue weighted by Gasteiger charge is -2.18. The summed E-state index contributed by atoms with van der Waals surface area (Å²) in [5, 5.41) is 4.03. The Labute approximate surface area is 124 Å². The summed E-state index contributed by atoms with van der Waals surface area (Å²) in [4.78, 5) is 11.9. The van der Waals surface area contributed by atoms with Crippen LogP contribution in [-0.2, 0) is 14.0 Å². The second-order valence-corrected chi connectivity index (χ2v) is 7.20. The third kappa shape index (κ3) is 2.10. The van der Waals surface area contributed by atoms with Crippen molar-refractivity contribution in [2.45, 2.75) is 58.3 Å². The summed E-state index contributed by atoms with van der Waals surface area (Å²) in [6, 6.07) is 0. The average molecular weight is 292 g/mol. The Morgan fingerprint density at radius 1 is 1.38 bits per heavy atom. The number of aromatic nitrogens is 2. The van der Waals surface area contributed by atoms with Gasteiger partial charge in [-0.25, -0.2) is 4.79 Å². The average Bonchev–Trinajstić information content (AvgIpc) is 2.81. The topological polar surface area (TPSA) is 62.6 Å². The first-order chi connectivity index (χ1) is 9.57. The molecule has 1 aliphatic heterocycles. The fraction of sp³-hybridized carbons (Fsp3) is 0.714. The van der Waals surface area contributed by atoms with Gasteiger partial charge in [-0.05, 0) is 34.6 Å². The Morgan fingerprint density at radius 2 is 1.95 bits per heavy atom. The second-order valence-electron chi connectivity index (χ2n) is 7.20. The fourth-order valence-electron chi connectivity index (χ4n) is 2.89. The van der Waals surface area contributed by atoms with Gasteiger partial charge in [0.25, 0.3) is 0 Å². The number of fused-ring (bicyclic) bond motifs is 1. The zero-order valence-corrected chi connectivity index (χ0v) is 13.3. The molecule has 6 nitrogen and oxygen atoms in total. The largest absolute Gasteiger partial charge is 0.498 e. The van der Waals surface area contributed by atoms with Gasteiger partial charge in [-0.3, -0.25) is 0 Å². The zero-order valence-electron chi connectivity index (χ0n) is 13.3. The Bertz CT molecular complexity index is 578.